The highest BCUT2D eigenvalue weighted by atomic mass is 16.5. The van der Waals surface area contributed by atoms with Crippen molar-refractivity contribution >= 4 is 5.97 Å². The number of rotatable bonds is 7. The van der Waals surface area contributed by atoms with Gasteiger partial charge in [-0.3, -0.25) is 14.6 Å². The van der Waals surface area contributed by atoms with Gasteiger partial charge in [0.1, 0.15) is 12.6 Å². The molecule has 30 heavy (non-hydrogen) atoms. The van der Waals surface area contributed by atoms with Crippen LogP contribution in [-0.2, 0) is 29.2 Å². The second kappa shape index (κ2) is 10.2. The van der Waals surface area contributed by atoms with Crippen molar-refractivity contribution in [3.05, 3.63) is 108 Å². The summed E-state index contributed by atoms with van der Waals surface area (Å²) >= 11 is 0. The molecule has 0 N–H and O–H groups in total. The molecule has 0 bridgehead atoms. The van der Waals surface area contributed by atoms with E-state index in [0.717, 1.165) is 31.7 Å². The van der Waals surface area contributed by atoms with Crippen molar-refractivity contribution < 1.29 is 9.53 Å². The van der Waals surface area contributed by atoms with Crippen LogP contribution in [0.2, 0.25) is 0 Å². The predicted octanol–water partition coefficient (Wildman–Crippen LogP) is 4.12. The van der Waals surface area contributed by atoms with Crippen LogP contribution in [0.3, 0.4) is 0 Å². The molecule has 3 aromatic carbocycles. The Bertz CT molecular complexity index is 916. The first kappa shape index (κ1) is 20.3. The number of piperazine rings is 1. The molecular formula is C26H28N2O2. The van der Waals surface area contributed by atoms with Crippen LogP contribution < -0.4 is 0 Å². The van der Waals surface area contributed by atoms with Gasteiger partial charge in [-0.25, -0.2) is 0 Å². The minimum atomic E-state index is -0.272. The van der Waals surface area contributed by atoms with Crippen LogP contribution >= 0.6 is 0 Å². The standard InChI is InChI=1S/C26H28N2O2/c29-26(30-21-24-14-8-3-9-15-24)25-20-27(18-22-10-4-1-5-11-22)16-17-28(25)19-23-12-6-2-7-13-23/h1-15,25H,16-21H2. The highest BCUT2D eigenvalue weighted by Gasteiger charge is 2.33. The van der Waals surface area contributed by atoms with E-state index in [4.69, 9.17) is 4.74 Å². The molecule has 4 rings (SSSR count). The van der Waals surface area contributed by atoms with E-state index < -0.39 is 0 Å². The van der Waals surface area contributed by atoms with Crippen molar-refractivity contribution in [2.45, 2.75) is 25.7 Å². The van der Waals surface area contributed by atoms with Gasteiger partial charge in [0, 0.05) is 32.7 Å². The third kappa shape index (κ3) is 5.56. The minimum Gasteiger partial charge on any atom is -0.460 e. The van der Waals surface area contributed by atoms with Gasteiger partial charge in [0.05, 0.1) is 0 Å². The van der Waals surface area contributed by atoms with Crippen LogP contribution in [0.4, 0.5) is 0 Å². The third-order valence-corrected chi connectivity index (χ3v) is 5.55. The van der Waals surface area contributed by atoms with Crippen LogP contribution in [0.5, 0.6) is 0 Å². The van der Waals surface area contributed by atoms with E-state index >= 15 is 0 Å². The molecule has 0 aliphatic carbocycles. The molecule has 0 spiro atoms. The van der Waals surface area contributed by atoms with Gasteiger partial charge in [0.15, 0.2) is 0 Å². The van der Waals surface area contributed by atoms with Crippen molar-refractivity contribution in [2.24, 2.45) is 0 Å². The average molecular weight is 401 g/mol. The van der Waals surface area contributed by atoms with Gasteiger partial charge in [-0.2, -0.15) is 0 Å². The summed E-state index contributed by atoms with van der Waals surface area (Å²) in [7, 11) is 0. The first-order chi connectivity index (χ1) is 14.8. The summed E-state index contributed by atoms with van der Waals surface area (Å²) in [5.41, 5.74) is 3.50. The molecule has 0 radical (unpaired) electrons. The first-order valence-electron chi connectivity index (χ1n) is 10.5. The number of ether oxygens (including phenoxy) is 1. The lowest BCUT2D eigenvalue weighted by Crippen LogP contribution is -2.56. The Hall–Kier alpha value is -2.95. The smallest absolute Gasteiger partial charge is 0.325 e. The van der Waals surface area contributed by atoms with Crippen LogP contribution in [0, 0.1) is 0 Å². The lowest BCUT2D eigenvalue weighted by molar-refractivity contribution is -0.154. The largest absolute Gasteiger partial charge is 0.460 e. The molecule has 1 aliphatic heterocycles. The number of hydrogen-bond acceptors (Lipinski definition) is 4. The normalized spacial score (nSPS) is 17.5. The fraction of sp³-hybridized carbons (Fsp3) is 0.269. The maximum Gasteiger partial charge on any atom is 0.325 e. The van der Waals surface area contributed by atoms with Gasteiger partial charge in [0.2, 0.25) is 0 Å². The molecule has 154 valence electrons. The summed E-state index contributed by atoms with van der Waals surface area (Å²) in [6.45, 7) is 4.37. The molecule has 0 aromatic heterocycles. The molecule has 0 amide bonds. The Morgan fingerprint density at radius 1 is 0.733 bits per heavy atom. The van der Waals surface area contributed by atoms with Crippen LogP contribution in [-0.4, -0.2) is 41.4 Å². The second-order valence-corrected chi connectivity index (χ2v) is 7.79. The molecule has 3 aromatic rings. The van der Waals surface area contributed by atoms with E-state index in [2.05, 4.69) is 46.2 Å². The van der Waals surface area contributed by atoms with Crippen molar-refractivity contribution in [3.63, 3.8) is 0 Å². The topological polar surface area (TPSA) is 32.8 Å². The first-order valence-corrected chi connectivity index (χ1v) is 10.5. The van der Waals surface area contributed by atoms with Crippen LogP contribution in [0.15, 0.2) is 91.0 Å². The van der Waals surface area contributed by atoms with E-state index in [1.807, 2.05) is 54.6 Å². The second-order valence-electron chi connectivity index (χ2n) is 7.79. The Morgan fingerprint density at radius 2 is 1.27 bits per heavy atom. The lowest BCUT2D eigenvalue weighted by Gasteiger charge is -2.40. The Kier molecular flexibility index (Phi) is 6.91. The summed E-state index contributed by atoms with van der Waals surface area (Å²) < 4.78 is 5.73. The highest BCUT2D eigenvalue weighted by Crippen LogP contribution is 2.18. The summed E-state index contributed by atoms with van der Waals surface area (Å²) in [6, 6.07) is 30.4. The summed E-state index contributed by atoms with van der Waals surface area (Å²) in [5, 5.41) is 0. The molecule has 1 heterocycles. The number of esters is 1. The van der Waals surface area contributed by atoms with Gasteiger partial charge < -0.3 is 4.74 Å². The summed E-state index contributed by atoms with van der Waals surface area (Å²) in [4.78, 5) is 17.7. The SMILES string of the molecule is O=C(OCc1ccccc1)C1CN(Cc2ccccc2)CCN1Cc1ccccc1. The number of nitrogens with zero attached hydrogens (tertiary/aromatic N) is 2. The van der Waals surface area contributed by atoms with Gasteiger partial charge in [-0.15, -0.1) is 0 Å². The zero-order valence-electron chi connectivity index (χ0n) is 17.2. The summed E-state index contributed by atoms with van der Waals surface area (Å²) in [5.74, 6) is -0.146. The number of hydrogen-bond donors (Lipinski definition) is 0. The van der Waals surface area contributed by atoms with Gasteiger partial charge >= 0.3 is 5.97 Å². The highest BCUT2D eigenvalue weighted by molar-refractivity contribution is 5.76. The third-order valence-electron chi connectivity index (χ3n) is 5.55. The fourth-order valence-corrected chi connectivity index (χ4v) is 3.92. The Labute approximate surface area is 178 Å². The summed E-state index contributed by atoms with van der Waals surface area (Å²) in [6.07, 6.45) is 0. The molecule has 1 unspecified atom stereocenters. The maximum atomic E-state index is 13.1. The molecule has 1 aliphatic rings. The zero-order valence-corrected chi connectivity index (χ0v) is 17.2. The molecule has 1 fully saturated rings. The molecule has 1 atom stereocenters. The van der Waals surface area contributed by atoms with E-state index in [1.165, 1.54) is 11.1 Å². The quantitative estimate of drug-likeness (QED) is 0.559. The van der Waals surface area contributed by atoms with E-state index in [9.17, 15) is 4.79 Å². The maximum absolute atomic E-state index is 13.1. The Balaban J connectivity index is 1.44. The van der Waals surface area contributed by atoms with Gasteiger partial charge in [0.25, 0.3) is 0 Å². The molecule has 1 saturated heterocycles. The number of carbonyl (C=O) groups excluding carboxylic acids is 1. The fourth-order valence-electron chi connectivity index (χ4n) is 3.92. The zero-order chi connectivity index (χ0) is 20.6. The van der Waals surface area contributed by atoms with Crippen molar-refractivity contribution in [1.82, 2.24) is 9.80 Å². The van der Waals surface area contributed by atoms with E-state index in [-0.39, 0.29) is 12.0 Å². The van der Waals surface area contributed by atoms with Crippen molar-refractivity contribution in [3.8, 4) is 0 Å². The molecule has 4 nitrogen and oxygen atoms in total. The molecule has 0 saturated carbocycles. The van der Waals surface area contributed by atoms with Gasteiger partial charge in [-0.05, 0) is 16.7 Å². The van der Waals surface area contributed by atoms with Crippen molar-refractivity contribution in [1.29, 1.82) is 0 Å². The number of benzene rings is 3. The van der Waals surface area contributed by atoms with Gasteiger partial charge in [-0.1, -0.05) is 91.0 Å². The van der Waals surface area contributed by atoms with E-state index in [1.54, 1.807) is 0 Å². The Morgan fingerprint density at radius 3 is 1.87 bits per heavy atom. The van der Waals surface area contributed by atoms with Crippen LogP contribution in [0.25, 0.3) is 0 Å². The van der Waals surface area contributed by atoms with Crippen molar-refractivity contribution in [2.75, 3.05) is 19.6 Å². The molecular weight excluding hydrogens is 372 g/mol. The van der Waals surface area contributed by atoms with E-state index in [0.29, 0.717) is 13.2 Å². The molecule has 4 heteroatoms. The van der Waals surface area contributed by atoms with Crippen LogP contribution in [0.1, 0.15) is 16.7 Å². The number of carbonyl (C=O) groups is 1. The minimum absolute atomic E-state index is 0.146. The monoisotopic (exact) mass is 400 g/mol. The average Bonchev–Trinajstić information content (AvgIpc) is 2.80. The predicted molar refractivity (Wildman–Crippen MR) is 119 cm³/mol. The lowest BCUT2D eigenvalue weighted by atomic mass is 10.1.